The molecule has 4 nitrogen and oxygen atoms in total. The first-order valence-corrected chi connectivity index (χ1v) is 6.60. The third-order valence-electron chi connectivity index (χ3n) is 3.47. The summed E-state index contributed by atoms with van der Waals surface area (Å²) in [7, 11) is 4.27. The average molecular weight is 242 g/mol. The molecule has 0 spiro atoms. The lowest BCUT2D eigenvalue weighted by Gasteiger charge is -2.27. The van der Waals surface area contributed by atoms with E-state index in [1.807, 2.05) is 13.8 Å². The van der Waals surface area contributed by atoms with Crippen LogP contribution in [-0.2, 0) is 9.53 Å². The molecule has 1 fully saturated rings. The van der Waals surface area contributed by atoms with E-state index in [0.29, 0.717) is 12.6 Å². The smallest absolute Gasteiger partial charge is 0.309 e. The molecule has 4 heteroatoms. The molecule has 2 atom stereocenters. The standard InChI is InChI=1S/C13H26N2O2/c1-5-17-13(16)11(2)9-14(3)10-12-7-6-8-15(12)4/h11-12H,5-10H2,1-4H3. The molecule has 2 unspecified atom stereocenters. The Morgan fingerprint density at radius 2 is 2.29 bits per heavy atom. The molecular formula is C13H26N2O2. The van der Waals surface area contributed by atoms with E-state index in [1.54, 1.807) is 0 Å². The number of carbonyl (C=O) groups excluding carboxylic acids is 1. The third-order valence-corrected chi connectivity index (χ3v) is 3.47. The molecule has 0 radical (unpaired) electrons. The van der Waals surface area contributed by atoms with Crippen LogP contribution in [0.5, 0.6) is 0 Å². The van der Waals surface area contributed by atoms with E-state index in [0.717, 1.165) is 13.1 Å². The molecule has 0 bridgehead atoms. The van der Waals surface area contributed by atoms with Crippen LogP contribution < -0.4 is 0 Å². The number of likely N-dealkylation sites (N-methyl/N-ethyl adjacent to an activating group) is 2. The van der Waals surface area contributed by atoms with E-state index in [4.69, 9.17) is 4.74 Å². The fourth-order valence-corrected chi connectivity index (χ4v) is 2.47. The van der Waals surface area contributed by atoms with Crippen molar-refractivity contribution in [1.29, 1.82) is 0 Å². The first kappa shape index (κ1) is 14.5. The second kappa shape index (κ2) is 6.97. The average Bonchev–Trinajstić information content (AvgIpc) is 2.64. The lowest BCUT2D eigenvalue weighted by atomic mass is 10.1. The SMILES string of the molecule is CCOC(=O)C(C)CN(C)CC1CCCN1C. The topological polar surface area (TPSA) is 32.8 Å². The fraction of sp³-hybridized carbons (Fsp3) is 0.923. The van der Waals surface area contributed by atoms with Crippen LogP contribution in [-0.4, -0.2) is 62.1 Å². The zero-order valence-electron chi connectivity index (χ0n) is 11.6. The van der Waals surface area contributed by atoms with Gasteiger partial charge in [-0.2, -0.15) is 0 Å². The van der Waals surface area contributed by atoms with Crippen LogP contribution in [0.2, 0.25) is 0 Å². The zero-order valence-corrected chi connectivity index (χ0v) is 11.6. The Morgan fingerprint density at radius 1 is 1.59 bits per heavy atom. The van der Waals surface area contributed by atoms with Gasteiger partial charge in [0.05, 0.1) is 12.5 Å². The van der Waals surface area contributed by atoms with Crippen LogP contribution in [0.25, 0.3) is 0 Å². The van der Waals surface area contributed by atoms with Gasteiger partial charge in [-0.25, -0.2) is 0 Å². The molecule has 0 aromatic rings. The Labute approximate surface area is 105 Å². The van der Waals surface area contributed by atoms with Crippen molar-refractivity contribution in [3.63, 3.8) is 0 Å². The largest absolute Gasteiger partial charge is 0.466 e. The highest BCUT2D eigenvalue weighted by Crippen LogP contribution is 2.15. The molecule has 1 rings (SSSR count). The summed E-state index contributed by atoms with van der Waals surface area (Å²) < 4.78 is 5.02. The molecule has 17 heavy (non-hydrogen) atoms. The summed E-state index contributed by atoms with van der Waals surface area (Å²) in [5.74, 6) is -0.120. The Balaban J connectivity index is 2.28. The van der Waals surface area contributed by atoms with E-state index >= 15 is 0 Å². The second-order valence-electron chi connectivity index (χ2n) is 5.15. The van der Waals surface area contributed by atoms with Gasteiger partial charge < -0.3 is 14.5 Å². The van der Waals surface area contributed by atoms with Crippen LogP contribution in [0.3, 0.4) is 0 Å². The Morgan fingerprint density at radius 3 is 2.82 bits per heavy atom. The van der Waals surface area contributed by atoms with Crippen LogP contribution in [0.1, 0.15) is 26.7 Å². The van der Waals surface area contributed by atoms with Gasteiger partial charge in [-0.15, -0.1) is 0 Å². The number of ether oxygens (including phenoxy) is 1. The van der Waals surface area contributed by atoms with Gasteiger partial charge >= 0.3 is 5.97 Å². The highest BCUT2D eigenvalue weighted by atomic mass is 16.5. The highest BCUT2D eigenvalue weighted by Gasteiger charge is 2.23. The van der Waals surface area contributed by atoms with Gasteiger partial charge in [0.25, 0.3) is 0 Å². The summed E-state index contributed by atoms with van der Waals surface area (Å²) in [4.78, 5) is 16.2. The minimum atomic E-state index is -0.0841. The number of esters is 1. The number of rotatable bonds is 6. The van der Waals surface area contributed by atoms with Crippen molar-refractivity contribution in [2.24, 2.45) is 5.92 Å². The first-order chi connectivity index (χ1) is 8.04. The molecular weight excluding hydrogens is 216 g/mol. The maximum atomic E-state index is 11.5. The van der Waals surface area contributed by atoms with E-state index in [-0.39, 0.29) is 11.9 Å². The molecule has 0 saturated carbocycles. The van der Waals surface area contributed by atoms with Crippen LogP contribution >= 0.6 is 0 Å². The fourth-order valence-electron chi connectivity index (χ4n) is 2.47. The van der Waals surface area contributed by atoms with Crippen molar-refractivity contribution in [3.8, 4) is 0 Å². The van der Waals surface area contributed by atoms with Crippen molar-refractivity contribution in [2.45, 2.75) is 32.7 Å². The van der Waals surface area contributed by atoms with Crippen molar-refractivity contribution < 1.29 is 9.53 Å². The first-order valence-electron chi connectivity index (χ1n) is 6.60. The van der Waals surface area contributed by atoms with E-state index in [1.165, 1.54) is 19.4 Å². The van der Waals surface area contributed by atoms with E-state index in [9.17, 15) is 4.79 Å². The van der Waals surface area contributed by atoms with Crippen molar-refractivity contribution in [2.75, 3.05) is 40.3 Å². The Kier molecular flexibility index (Phi) is 5.92. The van der Waals surface area contributed by atoms with E-state index < -0.39 is 0 Å². The third kappa shape index (κ3) is 4.64. The Bertz CT molecular complexity index is 246. The minimum Gasteiger partial charge on any atom is -0.466 e. The van der Waals surface area contributed by atoms with Gasteiger partial charge in [-0.3, -0.25) is 4.79 Å². The molecule has 0 aliphatic carbocycles. The minimum absolute atomic E-state index is 0.0355. The summed E-state index contributed by atoms with van der Waals surface area (Å²) in [6.07, 6.45) is 2.57. The summed E-state index contributed by atoms with van der Waals surface area (Å²) in [6, 6.07) is 0.648. The number of carbonyl (C=O) groups is 1. The second-order valence-corrected chi connectivity index (χ2v) is 5.15. The monoisotopic (exact) mass is 242 g/mol. The predicted octanol–water partition coefficient (Wildman–Crippen LogP) is 1.21. The van der Waals surface area contributed by atoms with E-state index in [2.05, 4.69) is 23.9 Å². The summed E-state index contributed by atoms with van der Waals surface area (Å²) >= 11 is 0. The van der Waals surface area contributed by atoms with Gasteiger partial charge in [-0.05, 0) is 40.4 Å². The quantitative estimate of drug-likeness (QED) is 0.656. The molecule has 0 N–H and O–H groups in total. The highest BCUT2D eigenvalue weighted by molar-refractivity contribution is 5.72. The molecule has 0 aromatic heterocycles. The number of nitrogens with zero attached hydrogens (tertiary/aromatic N) is 2. The molecule has 1 saturated heterocycles. The number of hydrogen-bond donors (Lipinski definition) is 0. The van der Waals surface area contributed by atoms with Gasteiger partial charge in [-0.1, -0.05) is 6.92 Å². The molecule has 0 aromatic carbocycles. The number of likely N-dealkylation sites (tertiary alicyclic amines) is 1. The van der Waals surface area contributed by atoms with Crippen LogP contribution in [0.15, 0.2) is 0 Å². The molecule has 0 amide bonds. The molecule has 1 heterocycles. The normalized spacial score (nSPS) is 23.0. The lowest BCUT2D eigenvalue weighted by Crippen LogP contribution is -2.39. The lowest BCUT2D eigenvalue weighted by molar-refractivity contribution is -0.147. The summed E-state index contributed by atoms with van der Waals surface area (Å²) in [6.45, 7) is 7.28. The van der Waals surface area contributed by atoms with Crippen molar-refractivity contribution in [3.05, 3.63) is 0 Å². The van der Waals surface area contributed by atoms with Crippen LogP contribution in [0.4, 0.5) is 0 Å². The summed E-state index contributed by atoms with van der Waals surface area (Å²) in [5, 5.41) is 0. The van der Waals surface area contributed by atoms with Crippen LogP contribution in [0, 0.1) is 5.92 Å². The molecule has 1 aliphatic heterocycles. The Hall–Kier alpha value is -0.610. The van der Waals surface area contributed by atoms with Gasteiger partial charge in [0.1, 0.15) is 0 Å². The predicted molar refractivity (Wildman–Crippen MR) is 68.9 cm³/mol. The molecule has 100 valence electrons. The van der Waals surface area contributed by atoms with Gasteiger partial charge in [0, 0.05) is 19.1 Å². The van der Waals surface area contributed by atoms with Crippen molar-refractivity contribution >= 4 is 5.97 Å². The maximum absolute atomic E-state index is 11.5. The maximum Gasteiger partial charge on any atom is 0.309 e. The molecule has 1 aliphatic rings. The van der Waals surface area contributed by atoms with Gasteiger partial charge in [0.15, 0.2) is 0 Å². The number of hydrogen-bond acceptors (Lipinski definition) is 4. The summed E-state index contributed by atoms with van der Waals surface area (Å²) in [5.41, 5.74) is 0. The van der Waals surface area contributed by atoms with Gasteiger partial charge in [0.2, 0.25) is 0 Å². The van der Waals surface area contributed by atoms with Crippen molar-refractivity contribution in [1.82, 2.24) is 9.80 Å². The zero-order chi connectivity index (χ0) is 12.8.